The van der Waals surface area contributed by atoms with E-state index < -0.39 is 6.10 Å². The molecule has 0 N–H and O–H groups in total. The summed E-state index contributed by atoms with van der Waals surface area (Å²) in [6.45, 7) is 3.18. The Morgan fingerprint density at radius 2 is 2.29 bits per heavy atom. The van der Waals surface area contributed by atoms with Crippen molar-refractivity contribution in [2.45, 2.75) is 6.10 Å². The molecule has 0 aliphatic rings. The molecule has 0 heterocycles. The molecule has 7 heavy (non-hydrogen) atoms. The Hall–Kier alpha value is -0.143. The number of hydrogen-bond acceptors (Lipinski definition) is 1. The minimum Gasteiger partial charge on any atom is -0.839 e. The molecule has 0 aromatic heterocycles. The summed E-state index contributed by atoms with van der Waals surface area (Å²) < 4.78 is 0. The van der Waals surface area contributed by atoms with Crippen LogP contribution in [-0.4, -0.2) is 6.10 Å². The topological polar surface area (TPSA) is 23.1 Å². The van der Waals surface area contributed by atoms with Gasteiger partial charge in [0, 0.05) is 0 Å². The van der Waals surface area contributed by atoms with Crippen molar-refractivity contribution in [3.8, 4) is 12.3 Å². The molecule has 0 aliphatic heterocycles. The summed E-state index contributed by atoms with van der Waals surface area (Å²) in [4.78, 5) is 0. The van der Waals surface area contributed by atoms with Crippen LogP contribution in [0.25, 0.3) is 0 Å². The average Bonchev–Trinajstić information content (AvgIpc) is 1.65. The second-order valence-corrected chi connectivity index (χ2v) is 0.823. The van der Waals surface area contributed by atoms with E-state index in [0.717, 1.165) is 0 Å². The molecule has 0 bridgehead atoms. The van der Waals surface area contributed by atoms with Crippen molar-refractivity contribution in [3.05, 3.63) is 12.7 Å². The summed E-state index contributed by atoms with van der Waals surface area (Å²) in [7, 11) is 0. The predicted octanol–water partition coefficient (Wildman–Crippen LogP) is -3.46. The molecule has 0 rings (SSSR count). The van der Waals surface area contributed by atoms with Gasteiger partial charge in [-0.25, -0.2) is 0 Å². The van der Waals surface area contributed by atoms with E-state index in [4.69, 9.17) is 0 Å². The van der Waals surface area contributed by atoms with Gasteiger partial charge in [0.1, 0.15) is 0 Å². The Labute approximate surface area is 55.6 Å². The first-order valence-electron chi connectivity index (χ1n) is 1.55. The van der Waals surface area contributed by atoms with Crippen molar-refractivity contribution in [1.82, 2.24) is 0 Å². The molecular formula is C5H5LiO. The predicted molar refractivity (Wildman–Crippen MR) is 22.8 cm³/mol. The first kappa shape index (κ1) is 9.97. The number of rotatable bonds is 1. The maximum absolute atomic E-state index is 9.91. The van der Waals surface area contributed by atoms with E-state index in [0.29, 0.717) is 0 Å². The van der Waals surface area contributed by atoms with E-state index in [1.54, 1.807) is 0 Å². The van der Waals surface area contributed by atoms with Crippen molar-refractivity contribution in [3.63, 3.8) is 0 Å². The van der Waals surface area contributed by atoms with Crippen LogP contribution in [0.4, 0.5) is 0 Å². The molecule has 0 radical (unpaired) electrons. The summed E-state index contributed by atoms with van der Waals surface area (Å²) in [5.74, 6) is 1.94. The van der Waals surface area contributed by atoms with Crippen LogP contribution in [0.15, 0.2) is 12.7 Å². The summed E-state index contributed by atoms with van der Waals surface area (Å²) in [5, 5.41) is 9.91. The molecule has 0 aromatic carbocycles. The zero-order valence-corrected chi connectivity index (χ0v) is 4.35. The molecule has 0 spiro atoms. The largest absolute Gasteiger partial charge is 1.00 e. The SMILES string of the molecule is C#CC([O-])C=C.[Li+]. The van der Waals surface area contributed by atoms with Gasteiger partial charge in [-0.05, 0) is 6.10 Å². The first-order chi connectivity index (χ1) is 2.81. The van der Waals surface area contributed by atoms with Crippen molar-refractivity contribution in [2.24, 2.45) is 0 Å². The zero-order chi connectivity index (χ0) is 4.99. The molecule has 0 fully saturated rings. The van der Waals surface area contributed by atoms with Gasteiger partial charge in [-0.15, -0.1) is 18.9 Å². The molecule has 0 saturated carbocycles. The van der Waals surface area contributed by atoms with Crippen molar-refractivity contribution < 1.29 is 24.0 Å². The molecule has 0 saturated heterocycles. The van der Waals surface area contributed by atoms with Gasteiger partial charge in [0.2, 0.25) is 0 Å². The fourth-order valence-electron chi connectivity index (χ4n) is 0.0680. The van der Waals surface area contributed by atoms with Crippen LogP contribution in [-0.2, 0) is 0 Å². The van der Waals surface area contributed by atoms with E-state index in [-0.39, 0.29) is 18.9 Å². The summed E-state index contributed by atoms with van der Waals surface area (Å²) in [6.07, 6.45) is 4.81. The van der Waals surface area contributed by atoms with E-state index >= 15 is 0 Å². The van der Waals surface area contributed by atoms with Crippen molar-refractivity contribution >= 4 is 0 Å². The Kier molecular flexibility index (Phi) is 8.34. The molecule has 1 nitrogen and oxygen atoms in total. The monoisotopic (exact) mass is 88.1 g/mol. The maximum atomic E-state index is 9.91. The Balaban J connectivity index is 0. The summed E-state index contributed by atoms with van der Waals surface area (Å²) >= 11 is 0. The van der Waals surface area contributed by atoms with Crippen LogP contribution in [0.1, 0.15) is 0 Å². The Bertz CT molecular complexity index is 82.6. The van der Waals surface area contributed by atoms with E-state index in [9.17, 15) is 5.11 Å². The molecule has 1 atom stereocenters. The van der Waals surface area contributed by atoms with Gasteiger partial charge in [-0.3, -0.25) is 0 Å². The average molecular weight is 88.0 g/mol. The number of hydrogen-bond donors (Lipinski definition) is 0. The van der Waals surface area contributed by atoms with Gasteiger partial charge >= 0.3 is 18.9 Å². The van der Waals surface area contributed by atoms with Crippen LogP contribution in [0.5, 0.6) is 0 Å². The quantitative estimate of drug-likeness (QED) is 0.185. The summed E-state index contributed by atoms with van der Waals surface area (Å²) in [5.41, 5.74) is 0. The first-order valence-corrected chi connectivity index (χ1v) is 1.55. The smallest absolute Gasteiger partial charge is 0.839 e. The third kappa shape index (κ3) is 5.86. The van der Waals surface area contributed by atoms with Crippen LogP contribution < -0.4 is 24.0 Å². The van der Waals surface area contributed by atoms with E-state index in [2.05, 4.69) is 13.0 Å². The fourth-order valence-corrected chi connectivity index (χ4v) is 0.0680. The molecule has 32 valence electrons. The van der Waals surface area contributed by atoms with Gasteiger partial charge in [0.05, 0.1) is 0 Å². The second-order valence-electron chi connectivity index (χ2n) is 0.823. The second kappa shape index (κ2) is 5.86. The molecule has 0 amide bonds. The summed E-state index contributed by atoms with van der Waals surface area (Å²) in [6, 6.07) is 0. The van der Waals surface area contributed by atoms with Crippen LogP contribution >= 0.6 is 0 Å². The molecule has 0 aliphatic carbocycles. The van der Waals surface area contributed by atoms with Gasteiger partial charge in [0.25, 0.3) is 0 Å². The number of terminal acetylenes is 1. The third-order valence-electron chi connectivity index (χ3n) is 0.378. The molecule has 0 aromatic rings. The van der Waals surface area contributed by atoms with E-state index in [1.165, 1.54) is 6.08 Å². The van der Waals surface area contributed by atoms with Crippen LogP contribution in [0.3, 0.4) is 0 Å². The Morgan fingerprint density at radius 1 is 1.86 bits per heavy atom. The van der Waals surface area contributed by atoms with Gasteiger partial charge in [-0.2, -0.15) is 0 Å². The minimum absolute atomic E-state index is 0. The normalized spacial score (nSPS) is 10.3. The van der Waals surface area contributed by atoms with Crippen LogP contribution in [0, 0.1) is 12.3 Å². The molecule has 1 unspecified atom stereocenters. The minimum atomic E-state index is -1.02. The zero-order valence-electron chi connectivity index (χ0n) is 4.35. The van der Waals surface area contributed by atoms with Crippen LogP contribution in [0.2, 0.25) is 0 Å². The molecular weight excluding hydrogens is 83.0 g/mol. The van der Waals surface area contributed by atoms with Crippen molar-refractivity contribution in [2.75, 3.05) is 0 Å². The Morgan fingerprint density at radius 3 is 2.29 bits per heavy atom. The fraction of sp³-hybridized carbons (Fsp3) is 0.200. The van der Waals surface area contributed by atoms with Gasteiger partial charge < -0.3 is 5.11 Å². The van der Waals surface area contributed by atoms with E-state index in [1.807, 2.05) is 5.92 Å². The van der Waals surface area contributed by atoms with Crippen molar-refractivity contribution in [1.29, 1.82) is 0 Å². The maximum Gasteiger partial charge on any atom is 1.00 e. The van der Waals surface area contributed by atoms with Gasteiger partial charge in [0.15, 0.2) is 0 Å². The standard InChI is InChI=1S/C5H5O.Li/c1-3-5(6)4-2;/h1,4-5H,2H2;/q-1;+1. The van der Waals surface area contributed by atoms with Gasteiger partial charge in [-0.1, -0.05) is 6.08 Å². The molecule has 2 heteroatoms. The third-order valence-corrected chi connectivity index (χ3v) is 0.378.